The van der Waals surface area contributed by atoms with Gasteiger partial charge >= 0.3 is 5.63 Å². The predicted octanol–water partition coefficient (Wildman–Crippen LogP) is 1.85. The Morgan fingerprint density at radius 2 is 1.55 bits per heavy atom. The Morgan fingerprint density at radius 3 is 2.18 bits per heavy atom. The highest BCUT2D eigenvalue weighted by Gasteiger charge is 2.16. The van der Waals surface area contributed by atoms with Crippen molar-refractivity contribution in [3.63, 3.8) is 0 Å². The molecule has 0 radical (unpaired) electrons. The molecule has 1 aliphatic heterocycles. The van der Waals surface area contributed by atoms with Crippen LogP contribution in [-0.2, 0) is 23.7 Å². The van der Waals surface area contributed by atoms with Crippen molar-refractivity contribution in [1.82, 2.24) is 0 Å². The van der Waals surface area contributed by atoms with Crippen molar-refractivity contribution in [3.05, 3.63) is 34.2 Å². The number of hydrogen-bond acceptors (Lipinski definition) is 10. The highest BCUT2D eigenvalue weighted by atomic mass is 16.6. The molecule has 10 heteroatoms. The van der Waals surface area contributed by atoms with Crippen LogP contribution in [0.4, 0.5) is 0 Å². The number of rotatable bonds is 5. The highest BCUT2D eigenvalue weighted by Crippen LogP contribution is 2.32. The number of Topliss-reactive ketones (excluding diaryl/α,β-unsaturated/α-hetero) is 1. The van der Waals surface area contributed by atoms with Crippen molar-refractivity contribution in [2.45, 2.75) is 13.0 Å². The van der Waals surface area contributed by atoms with Crippen LogP contribution in [0.2, 0.25) is 0 Å². The molecule has 1 fully saturated rings. The summed E-state index contributed by atoms with van der Waals surface area (Å²) in [5.41, 5.74) is -0.429. The highest BCUT2D eigenvalue weighted by molar-refractivity contribution is 5.96. The normalized spacial score (nSPS) is 19.4. The number of hydrogen-bond donors (Lipinski definition) is 0. The van der Waals surface area contributed by atoms with Gasteiger partial charge < -0.3 is 37.6 Å². The monoisotopic (exact) mass is 466 g/mol. The zero-order chi connectivity index (χ0) is 23.5. The van der Waals surface area contributed by atoms with E-state index in [1.165, 1.54) is 20.1 Å². The summed E-state index contributed by atoms with van der Waals surface area (Å²) in [5.74, 6) is 0.439. The molecule has 1 saturated heterocycles. The maximum absolute atomic E-state index is 12.1. The van der Waals surface area contributed by atoms with Crippen molar-refractivity contribution >= 4 is 16.8 Å². The van der Waals surface area contributed by atoms with E-state index in [1.54, 1.807) is 12.1 Å². The van der Waals surface area contributed by atoms with Crippen LogP contribution in [0.5, 0.6) is 11.5 Å². The summed E-state index contributed by atoms with van der Waals surface area (Å²) in [6, 6.07) is 4.70. The Labute approximate surface area is 191 Å². The lowest BCUT2D eigenvalue weighted by Gasteiger charge is -2.20. The van der Waals surface area contributed by atoms with Gasteiger partial charge in [0, 0.05) is 11.5 Å². The first-order valence-corrected chi connectivity index (χ1v) is 10.8. The summed E-state index contributed by atoms with van der Waals surface area (Å²) in [5, 5.41) is 0.554. The van der Waals surface area contributed by atoms with Gasteiger partial charge in [-0.2, -0.15) is 0 Å². The van der Waals surface area contributed by atoms with Gasteiger partial charge in [0.25, 0.3) is 0 Å². The molecular weight excluding hydrogens is 436 g/mol. The Bertz CT molecular complexity index is 938. The molecule has 1 unspecified atom stereocenters. The number of ether oxygens (including phenoxy) is 7. The van der Waals surface area contributed by atoms with Gasteiger partial charge in [0.05, 0.1) is 66.6 Å². The molecular formula is C23H30O10. The maximum atomic E-state index is 12.1. The van der Waals surface area contributed by atoms with Crippen LogP contribution in [-0.4, -0.2) is 85.1 Å². The smallest absolute Gasteiger partial charge is 0.347 e. The van der Waals surface area contributed by atoms with E-state index in [2.05, 4.69) is 0 Å². The molecule has 1 aliphatic rings. The van der Waals surface area contributed by atoms with E-state index in [4.69, 9.17) is 37.6 Å². The minimum Gasteiger partial charge on any atom is -0.493 e. The molecule has 33 heavy (non-hydrogen) atoms. The van der Waals surface area contributed by atoms with E-state index in [0.29, 0.717) is 76.3 Å². The Morgan fingerprint density at radius 1 is 0.909 bits per heavy atom. The van der Waals surface area contributed by atoms with Gasteiger partial charge in [0.1, 0.15) is 23.9 Å². The lowest BCUT2D eigenvalue weighted by molar-refractivity contribution is -0.0608. The van der Waals surface area contributed by atoms with Crippen LogP contribution in [0.1, 0.15) is 17.3 Å². The average molecular weight is 466 g/mol. The first kappa shape index (κ1) is 25.1. The lowest BCUT2D eigenvalue weighted by Crippen LogP contribution is -2.29. The summed E-state index contributed by atoms with van der Waals surface area (Å²) in [6.07, 6.45) is -0.373. The van der Waals surface area contributed by atoms with Crippen LogP contribution in [0, 0.1) is 0 Å². The molecule has 1 atom stereocenters. The summed E-state index contributed by atoms with van der Waals surface area (Å²) in [6.45, 7) is 5.42. The summed E-state index contributed by atoms with van der Waals surface area (Å²) in [7, 11) is 1.50. The lowest BCUT2D eigenvalue weighted by atomic mass is 10.1. The van der Waals surface area contributed by atoms with E-state index in [0.717, 1.165) is 0 Å². The number of benzene rings is 1. The Kier molecular flexibility index (Phi) is 10.1. The van der Waals surface area contributed by atoms with Crippen molar-refractivity contribution in [2.24, 2.45) is 0 Å². The molecule has 2 aromatic rings. The fraction of sp³-hybridized carbons (Fsp3) is 0.565. The fourth-order valence-corrected chi connectivity index (χ4v) is 3.12. The van der Waals surface area contributed by atoms with E-state index >= 15 is 0 Å². The first-order chi connectivity index (χ1) is 16.1. The minimum atomic E-state index is -0.697. The third-order valence-corrected chi connectivity index (χ3v) is 4.82. The standard InChI is InChI=1S/C23H30O10/c1-16(24)19-11-17-12-21(26-2)22(13-20(17)33-23(19)25)32-15-18-14-30-8-7-28-4-3-27-5-6-29-9-10-31-18/h11-13,18H,3-10,14-15H2,1-2H3. The molecule has 3 rings (SSSR count). The number of ketones is 1. The van der Waals surface area contributed by atoms with Crippen molar-refractivity contribution in [3.8, 4) is 11.5 Å². The third kappa shape index (κ3) is 7.79. The number of carbonyl (C=O) groups excluding carboxylic acids is 1. The van der Waals surface area contributed by atoms with Crippen molar-refractivity contribution in [2.75, 3.05) is 73.2 Å². The molecule has 0 saturated carbocycles. The van der Waals surface area contributed by atoms with Gasteiger partial charge in [-0.1, -0.05) is 0 Å². The van der Waals surface area contributed by atoms with E-state index < -0.39 is 5.63 Å². The second-order valence-corrected chi connectivity index (χ2v) is 7.26. The second-order valence-electron chi connectivity index (χ2n) is 7.26. The predicted molar refractivity (Wildman–Crippen MR) is 118 cm³/mol. The van der Waals surface area contributed by atoms with Crippen molar-refractivity contribution < 1.29 is 42.4 Å². The molecule has 182 valence electrons. The number of carbonyl (C=O) groups is 1. The zero-order valence-corrected chi connectivity index (χ0v) is 19.0. The maximum Gasteiger partial charge on any atom is 0.347 e. The van der Waals surface area contributed by atoms with E-state index in [-0.39, 0.29) is 29.6 Å². The van der Waals surface area contributed by atoms with Crippen LogP contribution < -0.4 is 15.1 Å². The summed E-state index contributed by atoms with van der Waals surface area (Å²) < 4.78 is 44.5. The van der Waals surface area contributed by atoms with Gasteiger partial charge in [-0.15, -0.1) is 0 Å². The topological polar surface area (TPSA) is 112 Å². The number of methoxy groups -OCH3 is 1. The van der Waals surface area contributed by atoms with Crippen LogP contribution in [0.25, 0.3) is 11.0 Å². The van der Waals surface area contributed by atoms with Gasteiger partial charge in [-0.25, -0.2) is 4.79 Å². The zero-order valence-electron chi connectivity index (χ0n) is 19.0. The molecule has 0 bridgehead atoms. The van der Waals surface area contributed by atoms with Crippen LogP contribution in [0.3, 0.4) is 0 Å². The molecule has 1 aromatic carbocycles. The van der Waals surface area contributed by atoms with Crippen molar-refractivity contribution in [1.29, 1.82) is 0 Å². The number of fused-ring (bicyclic) bond motifs is 1. The van der Waals surface area contributed by atoms with Gasteiger partial charge in [-0.05, 0) is 19.1 Å². The van der Waals surface area contributed by atoms with Crippen LogP contribution in [0.15, 0.2) is 27.4 Å². The summed E-state index contributed by atoms with van der Waals surface area (Å²) in [4.78, 5) is 23.7. The quantitative estimate of drug-likeness (QED) is 0.478. The molecule has 0 spiro atoms. The molecule has 0 aliphatic carbocycles. The van der Waals surface area contributed by atoms with Gasteiger partial charge in [0.2, 0.25) is 0 Å². The summed E-state index contributed by atoms with van der Waals surface area (Å²) >= 11 is 0. The molecule has 10 nitrogen and oxygen atoms in total. The van der Waals surface area contributed by atoms with E-state index in [1.807, 2.05) is 0 Å². The average Bonchev–Trinajstić information content (AvgIpc) is 2.81. The molecule has 0 amide bonds. The molecule has 1 aromatic heterocycles. The van der Waals surface area contributed by atoms with Crippen LogP contribution >= 0.6 is 0 Å². The fourth-order valence-electron chi connectivity index (χ4n) is 3.12. The first-order valence-electron chi connectivity index (χ1n) is 10.8. The second kappa shape index (κ2) is 13.3. The third-order valence-electron chi connectivity index (χ3n) is 4.82. The van der Waals surface area contributed by atoms with E-state index in [9.17, 15) is 9.59 Å². The largest absolute Gasteiger partial charge is 0.493 e. The Hall–Kier alpha value is -2.50. The Balaban J connectivity index is 1.67. The molecule has 0 N–H and O–H groups in total. The minimum absolute atomic E-state index is 0.0167. The van der Waals surface area contributed by atoms with Gasteiger partial charge in [0.15, 0.2) is 17.3 Å². The van der Waals surface area contributed by atoms with Gasteiger partial charge in [-0.3, -0.25) is 4.79 Å². The SMILES string of the molecule is COc1cc2cc(C(C)=O)c(=O)oc2cc1OCC1COCCOCCOCCOCCO1. The molecule has 2 heterocycles.